The molecular weight excluding hydrogens is 288 g/mol. The predicted octanol–water partition coefficient (Wildman–Crippen LogP) is 1.72. The van der Waals surface area contributed by atoms with E-state index in [-0.39, 0.29) is 5.03 Å². The largest absolute Gasteiger partial charge is 0.310 e. The Bertz CT molecular complexity index is 690. The van der Waals surface area contributed by atoms with Gasteiger partial charge in [0.15, 0.2) is 5.03 Å². The molecule has 114 valence electrons. The van der Waals surface area contributed by atoms with Crippen molar-refractivity contribution in [3.05, 3.63) is 42.1 Å². The zero-order valence-electron chi connectivity index (χ0n) is 12.4. The first kappa shape index (κ1) is 15.5. The van der Waals surface area contributed by atoms with Crippen LogP contribution in [0.2, 0.25) is 0 Å². The Morgan fingerprint density at radius 1 is 1.19 bits per heavy atom. The van der Waals surface area contributed by atoms with Crippen LogP contribution in [0.4, 0.5) is 5.69 Å². The number of aryl methyl sites for hydroxylation is 1. The molecule has 0 amide bonds. The van der Waals surface area contributed by atoms with Crippen LogP contribution in [0.1, 0.15) is 19.4 Å². The third kappa shape index (κ3) is 4.05. The van der Waals surface area contributed by atoms with Crippen molar-refractivity contribution in [2.75, 3.05) is 4.72 Å². The molecule has 7 heteroatoms. The first-order valence-electron chi connectivity index (χ1n) is 6.71. The van der Waals surface area contributed by atoms with E-state index in [4.69, 9.17) is 0 Å². The van der Waals surface area contributed by atoms with Gasteiger partial charge in [-0.2, -0.15) is 13.5 Å². The van der Waals surface area contributed by atoms with Crippen molar-refractivity contribution in [3.8, 4) is 0 Å². The van der Waals surface area contributed by atoms with Gasteiger partial charge in [-0.25, -0.2) is 0 Å². The SMILES string of the molecule is CC(C)NCc1ccc(NS(=O)(=O)c2ccnn2C)cc1. The van der Waals surface area contributed by atoms with E-state index in [2.05, 4.69) is 29.0 Å². The maximum Gasteiger partial charge on any atom is 0.279 e. The van der Waals surface area contributed by atoms with E-state index in [1.807, 2.05) is 12.1 Å². The van der Waals surface area contributed by atoms with Gasteiger partial charge in [-0.3, -0.25) is 9.40 Å². The Hall–Kier alpha value is -1.86. The molecule has 0 saturated heterocycles. The van der Waals surface area contributed by atoms with Crippen LogP contribution in [0.25, 0.3) is 0 Å². The van der Waals surface area contributed by atoms with E-state index < -0.39 is 10.0 Å². The molecule has 1 aromatic carbocycles. The van der Waals surface area contributed by atoms with Crippen molar-refractivity contribution < 1.29 is 8.42 Å². The van der Waals surface area contributed by atoms with Crippen LogP contribution < -0.4 is 10.0 Å². The highest BCUT2D eigenvalue weighted by atomic mass is 32.2. The normalized spacial score (nSPS) is 11.8. The summed E-state index contributed by atoms with van der Waals surface area (Å²) in [6, 6.07) is 9.18. The molecule has 0 unspecified atom stereocenters. The molecule has 0 aliphatic heterocycles. The molecule has 0 atom stereocenters. The van der Waals surface area contributed by atoms with Gasteiger partial charge in [0, 0.05) is 25.3 Å². The molecule has 1 heterocycles. The number of hydrogen-bond acceptors (Lipinski definition) is 4. The second kappa shape index (κ2) is 6.28. The van der Waals surface area contributed by atoms with Gasteiger partial charge in [-0.15, -0.1) is 0 Å². The Labute approximate surface area is 125 Å². The minimum Gasteiger partial charge on any atom is -0.310 e. The van der Waals surface area contributed by atoms with Crippen LogP contribution in [-0.4, -0.2) is 24.2 Å². The fourth-order valence-electron chi connectivity index (χ4n) is 1.85. The molecule has 0 radical (unpaired) electrons. The third-order valence-corrected chi connectivity index (χ3v) is 4.43. The maximum absolute atomic E-state index is 12.2. The number of anilines is 1. The Morgan fingerprint density at radius 3 is 2.38 bits per heavy atom. The monoisotopic (exact) mass is 308 g/mol. The lowest BCUT2D eigenvalue weighted by molar-refractivity contribution is 0.582. The average Bonchev–Trinajstić information content (AvgIpc) is 2.84. The number of rotatable bonds is 6. The Balaban J connectivity index is 2.08. The number of sulfonamides is 1. The first-order valence-corrected chi connectivity index (χ1v) is 8.20. The Morgan fingerprint density at radius 2 is 1.86 bits per heavy atom. The second-order valence-corrected chi connectivity index (χ2v) is 6.76. The topological polar surface area (TPSA) is 76.0 Å². The van der Waals surface area contributed by atoms with E-state index in [1.165, 1.54) is 16.9 Å². The van der Waals surface area contributed by atoms with Gasteiger partial charge >= 0.3 is 0 Å². The van der Waals surface area contributed by atoms with Gasteiger partial charge in [0.25, 0.3) is 10.0 Å². The average molecular weight is 308 g/mol. The predicted molar refractivity (Wildman–Crippen MR) is 82.4 cm³/mol. The summed E-state index contributed by atoms with van der Waals surface area (Å²) in [5, 5.41) is 7.31. The highest BCUT2D eigenvalue weighted by molar-refractivity contribution is 7.92. The standard InChI is InChI=1S/C14H20N4O2S/c1-11(2)15-10-12-4-6-13(7-5-12)17-21(19,20)14-8-9-16-18(14)3/h4-9,11,15,17H,10H2,1-3H3. The number of nitrogens with zero attached hydrogens (tertiary/aromatic N) is 2. The van der Waals surface area contributed by atoms with Gasteiger partial charge < -0.3 is 5.32 Å². The van der Waals surface area contributed by atoms with Crippen molar-refractivity contribution in [1.29, 1.82) is 0 Å². The fraction of sp³-hybridized carbons (Fsp3) is 0.357. The van der Waals surface area contributed by atoms with Crippen molar-refractivity contribution >= 4 is 15.7 Å². The number of nitrogens with one attached hydrogen (secondary N) is 2. The van der Waals surface area contributed by atoms with Gasteiger partial charge in [-0.05, 0) is 23.8 Å². The zero-order chi connectivity index (χ0) is 15.5. The molecule has 0 aliphatic carbocycles. The lowest BCUT2D eigenvalue weighted by Gasteiger charge is -2.10. The fourth-order valence-corrected chi connectivity index (χ4v) is 3.03. The molecule has 2 N–H and O–H groups in total. The van der Waals surface area contributed by atoms with Crippen molar-refractivity contribution in [3.63, 3.8) is 0 Å². The van der Waals surface area contributed by atoms with E-state index in [0.717, 1.165) is 12.1 Å². The molecule has 2 rings (SSSR count). The molecule has 0 spiro atoms. The van der Waals surface area contributed by atoms with Gasteiger partial charge in [0.05, 0.1) is 6.20 Å². The van der Waals surface area contributed by atoms with E-state index in [9.17, 15) is 8.42 Å². The van der Waals surface area contributed by atoms with Gasteiger partial charge in [0.1, 0.15) is 0 Å². The van der Waals surface area contributed by atoms with E-state index in [1.54, 1.807) is 19.2 Å². The molecule has 0 aliphatic rings. The summed E-state index contributed by atoms with van der Waals surface area (Å²) in [5.74, 6) is 0. The van der Waals surface area contributed by atoms with Crippen LogP contribution in [0.3, 0.4) is 0 Å². The summed E-state index contributed by atoms with van der Waals surface area (Å²) >= 11 is 0. The van der Waals surface area contributed by atoms with Crippen molar-refractivity contribution in [2.24, 2.45) is 7.05 Å². The third-order valence-electron chi connectivity index (χ3n) is 2.97. The van der Waals surface area contributed by atoms with E-state index in [0.29, 0.717) is 11.7 Å². The molecular formula is C14H20N4O2S. The minimum atomic E-state index is -3.60. The smallest absolute Gasteiger partial charge is 0.279 e. The number of aromatic nitrogens is 2. The number of hydrogen-bond donors (Lipinski definition) is 2. The minimum absolute atomic E-state index is 0.132. The highest BCUT2D eigenvalue weighted by Gasteiger charge is 2.17. The first-order chi connectivity index (χ1) is 9.88. The van der Waals surface area contributed by atoms with Crippen LogP contribution in [-0.2, 0) is 23.6 Å². The summed E-state index contributed by atoms with van der Waals surface area (Å²) < 4.78 is 28.3. The van der Waals surface area contributed by atoms with Crippen LogP contribution in [0.15, 0.2) is 41.6 Å². The summed E-state index contributed by atoms with van der Waals surface area (Å²) in [4.78, 5) is 0. The summed E-state index contributed by atoms with van der Waals surface area (Å²) in [7, 11) is -2.01. The molecule has 21 heavy (non-hydrogen) atoms. The highest BCUT2D eigenvalue weighted by Crippen LogP contribution is 2.16. The van der Waals surface area contributed by atoms with Crippen molar-refractivity contribution in [1.82, 2.24) is 15.1 Å². The molecule has 2 aromatic rings. The molecule has 0 bridgehead atoms. The second-order valence-electron chi connectivity index (χ2n) is 5.13. The Kier molecular flexibility index (Phi) is 4.64. The summed E-state index contributed by atoms with van der Waals surface area (Å²) in [6.07, 6.45) is 1.45. The molecule has 0 fully saturated rings. The van der Waals surface area contributed by atoms with E-state index >= 15 is 0 Å². The number of benzene rings is 1. The van der Waals surface area contributed by atoms with Gasteiger partial charge in [0.2, 0.25) is 0 Å². The molecule has 6 nitrogen and oxygen atoms in total. The summed E-state index contributed by atoms with van der Waals surface area (Å²) in [6.45, 7) is 4.92. The van der Waals surface area contributed by atoms with Crippen LogP contribution in [0, 0.1) is 0 Å². The van der Waals surface area contributed by atoms with Crippen LogP contribution >= 0.6 is 0 Å². The van der Waals surface area contributed by atoms with Crippen LogP contribution in [0.5, 0.6) is 0 Å². The summed E-state index contributed by atoms with van der Waals surface area (Å²) in [5.41, 5.74) is 1.64. The quantitative estimate of drug-likeness (QED) is 0.852. The molecule has 1 aromatic heterocycles. The maximum atomic E-state index is 12.2. The zero-order valence-corrected chi connectivity index (χ0v) is 13.2. The van der Waals surface area contributed by atoms with Gasteiger partial charge in [-0.1, -0.05) is 26.0 Å². The molecule has 0 saturated carbocycles. The lowest BCUT2D eigenvalue weighted by atomic mass is 10.2. The lowest BCUT2D eigenvalue weighted by Crippen LogP contribution is -2.21. The van der Waals surface area contributed by atoms with Crippen molar-refractivity contribution in [2.45, 2.75) is 31.5 Å².